The quantitative estimate of drug-likeness (QED) is 0.617. The first-order chi connectivity index (χ1) is 8.61. The Morgan fingerprint density at radius 3 is 2.94 bits per heavy atom. The first-order valence-corrected chi connectivity index (χ1v) is 6.38. The molecule has 1 fully saturated rings. The van der Waals surface area contributed by atoms with E-state index >= 15 is 0 Å². The Labute approximate surface area is 107 Å². The van der Waals surface area contributed by atoms with Crippen LogP contribution < -0.4 is 11.3 Å². The summed E-state index contributed by atoms with van der Waals surface area (Å²) >= 11 is 0. The number of nitrogen functional groups attached to an aromatic ring is 1. The molecule has 98 valence electrons. The minimum absolute atomic E-state index is 0.0733. The minimum atomic E-state index is 0.0733. The Kier molecular flexibility index (Phi) is 3.81. The summed E-state index contributed by atoms with van der Waals surface area (Å²) in [5.74, 6) is 5.96. The third-order valence-corrected chi connectivity index (χ3v) is 3.41. The number of rotatable bonds is 2. The molecule has 1 unspecified atom stereocenters. The van der Waals surface area contributed by atoms with Crippen LogP contribution in [-0.2, 0) is 0 Å². The number of hydrogen-bond acceptors (Lipinski definition) is 4. The molecule has 1 amide bonds. The number of amides is 1. The number of hydrogen-bond donors (Lipinski definition) is 2. The van der Waals surface area contributed by atoms with Crippen LogP contribution in [0.25, 0.3) is 0 Å². The van der Waals surface area contributed by atoms with Gasteiger partial charge in [0.05, 0.1) is 0 Å². The molecule has 1 aliphatic heterocycles. The van der Waals surface area contributed by atoms with Crippen molar-refractivity contribution in [3.05, 3.63) is 23.4 Å². The minimum Gasteiger partial charge on any atom is -0.336 e. The number of nitrogens with two attached hydrogens (primary N) is 1. The predicted octanol–water partition coefficient (Wildman–Crippen LogP) is 1.69. The van der Waals surface area contributed by atoms with Crippen molar-refractivity contribution in [3.8, 4) is 0 Å². The fourth-order valence-electron chi connectivity index (χ4n) is 2.43. The van der Waals surface area contributed by atoms with Gasteiger partial charge in [0.1, 0.15) is 5.82 Å². The van der Waals surface area contributed by atoms with E-state index < -0.39 is 0 Å². The number of piperidine rings is 1. The monoisotopic (exact) mass is 248 g/mol. The maximum atomic E-state index is 12.5. The van der Waals surface area contributed by atoms with Gasteiger partial charge in [-0.3, -0.25) is 4.79 Å². The fraction of sp³-hybridized carbons (Fsp3) is 0.538. The number of anilines is 1. The van der Waals surface area contributed by atoms with E-state index in [4.69, 9.17) is 5.84 Å². The van der Waals surface area contributed by atoms with Crippen LogP contribution in [0.4, 0.5) is 5.82 Å². The summed E-state index contributed by atoms with van der Waals surface area (Å²) < 4.78 is 0. The number of pyridine rings is 1. The van der Waals surface area contributed by atoms with E-state index in [1.165, 1.54) is 6.42 Å². The van der Waals surface area contributed by atoms with Crippen LogP contribution in [0.3, 0.4) is 0 Å². The van der Waals surface area contributed by atoms with E-state index in [0.717, 1.165) is 25.1 Å². The van der Waals surface area contributed by atoms with Crippen molar-refractivity contribution in [1.82, 2.24) is 9.88 Å². The smallest absolute Gasteiger partial charge is 0.254 e. The zero-order chi connectivity index (χ0) is 13.1. The van der Waals surface area contributed by atoms with Gasteiger partial charge in [0.25, 0.3) is 5.91 Å². The third kappa shape index (κ3) is 2.61. The summed E-state index contributed by atoms with van der Waals surface area (Å²) in [5, 5.41) is 0. The molecular weight excluding hydrogens is 228 g/mol. The van der Waals surface area contributed by atoms with E-state index in [0.29, 0.717) is 17.4 Å². The topological polar surface area (TPSA) is 71.2 Å². The molecule has 1 aromatic heterocycles. The second-order valence-electron chi connectivity index (χ2n) is 4.87. The van der Waals surface area contributed by atoms with E-state index in [1.807, 2.05) is 17.9 Å². The van der Waals surface area contributed by atoms with Gasteiger partial charge >= 0.3 is 0 Å². The van der Waals surface area contributed by atoms with Gasteiger partial charge in [0, 0.05) is 23.8 Å². The van der Waals surface area contributed by atoms with Crippen LogP contribution >= 0.6 is 0 Å². The molecule has 1 saturated heterocycles. The van der Waals surface area contributed by atoms with Crippen LogP contribution in [0.1, 0.15) is 42.2 Å². The molecule has 0 spiro atoms. The number of hydrazine groups is 1. The zero-order valence-corrected chi connectivity index (χ0v) is 10.9. The van der Waals surface area contributed by atoms with Crippen LogP contribution in [-0.4, -0.2) is 28.4 Å². The highest BCUT2D eigenvalue weighted by atomic mass is 16.2. The van der Waals surface area contributed by atoms with Crippen molar-refractivity contribution in [3.63, 3.8) is 0 Å². The average molecular weight is 248 g/mol. The van der Waals surface area contributed by atoms with Gasteiger partial charge in [-0.25, -0.2) is 10.8 Å². The predicted molar refractivity (Wildman–Crippen MR) is 71.1 cm³/mol. The molecule has 0 saturated carbocycles. The molecule has 5 heteroatoms. The summed E-state index contributed by atoms with van der Waals surface area (Å²) in [5.41, 5.74) is 3.94. The molecule has 5 nitrogen and oxygen atoms in total. The molecule has 2 rings (SSSR count). The fourth-order valence-corrected chi connectivity index (χ4v) is 2.43. The second kappa shape index (κ2) is 5.35. The molecule has 0 aromatic carbocycles. The highest BCUT2D eigenvalue weighted by molar-refractivity contribution is 5.95. The molecule has 0 aliphatic carbocycles. The van der Waals surface area contributed by atoms with E-state index in [1.54, 1.807) is 6.07 Å². The van der Waals surface area contributed by atoms with Crippen molar-refractivity contribution < 1.29 is 4.79 Å². The van der Waals surface area contributed by atoms with E-state index in [2.05, 4.69) is 17.3 Å². The van der Waals surface area contributed by atoms with Gasteiger partial charge in [0.15, 0.2) is 0 Å². The lowest BCUT2D eigenvalue weighted by atomic mass is 10.0. The number of likely N-dealkylation sites (tertiary alicyclic amines) is 1. The van der Waals surface area contributed by atoms with Crippen LogP contribution in [0.15, 0.2) is 12.1 Å². The molecule has 3 N–H and O–H groups in total. The Balaban J connectivity index is 2.24. The maximum absolute atomic E-state index is 12.5. The number of aromatic nitrogens is 1. The summed E-state index contributed by atoms with van der Waals surface area (Å²) in [4.78, 5) is 18.6. The average Bonchev–Trinajstić information content (AvgIpc) is 2.37. The number of aryl methyl sites for hydroxylation is 1. The Morgan fingerprint density at radius 2 is 2.28 bits per heavy atom. The highest BCUT2D eigenvalue weighted by Gasteiger charge is 2.24. The molecule has 2 heterocycles. The van der Waals surface area contributed by atoms with Crippen molar-refractivity contribution in [2.24, 2.45) is 5.84 Å². The van der Waals surface area contributed by atoms with Gasteiger partial charge in [-0.05, 0) is 45.2 Å². The van der Waals surface area contributed by atoms with Crippen molar-refractivity contribution >= 4 is 11.7 Å². The number of nitrogens with one attached hydrogen (secondary N) is 1. The molecule has 18 heavy (non-hydrogen) atoms. The Morgan fingerprint density at radius 1 is 1.50 bits per heavy atom. The van der Waals surface area contributed by atoms with Crippen molar-refractivity contribution in [1.29, 1.82) is 0 Å². The first-order valence-electron chi connectivity index (χ1n) is 6.38. The summed E-state index contributed by atoms with van der Waals surface area (Å²) in [7, 11) is 0. The molecule has 0 radical (unpaired) electrons. The van der Waals surface area contributed by atoms with Crippen LogP contribution in [0.2, 0.25) is 0 Å². The lowest BCUT2D eigenvalue weighted by Crippen LogP contribution is -2.42. The molecule has 1 aliphatic rings. The molecule has 1 atom stereocenters. The van der Waals surface area contributed by atoms with Gasteiger partial charge < -0.3 is 10.3 Å². The lowest BCUT2D eigenvalue weighted by molar-refractivity contribution is 0.0635. The van der Waals surface area contributed by atoms with Gasteiger partial charge in [-0.15, -0.1) is 0 Å². The third-order valence-electron chi connectivity index (χ3n) is 3.41. The van der Waals surface area contributed by atoms with Gasteiger partial charge in [-0.2, -0.15) is 0 Å². The molecular formula is C13H20N4O. The lowest BCUT2D eigenvalue weighted by Gasteiger charge is -2.33. The maximum Gasteiger partial charge on any atom is 0.254 e. The summed E-state index contributed by atoms with van der Waals surface area (Å²) in [6.07, 6.45) is 3.37. The largest absolute Gasteiger partial charge is 0.336 e. The van der Waals surface area contributed by atoms with E-state index in [-0.39, 0.29) is 5.91 Å². The first kappa shape index (κ1) is 12.8. The van der Waals surface area contributed by atoms with E-state index in [9.17, 15) is 4.79 Å². The molecule has 0 bridgehead atoms. The van der Waals surface area contributed by atoms with Gasteiger partial charge in [0.2, 0.25) is 0 Å². The Bertz CT molecular complexity index is 447. The second-order valence-corrected chi connectivity index (χ2v) is 4.87. The highest BCUT2D eigenvalue weighted by Crippen LogP contribution is 2.20. The van der Waals surface area contributed by atoms with Crippen molar-refractivity contribution in [2.45, 2.75) is 39.2 Å². The number of carbonyl (C=O) groups excluding carboxylic acids is 1. The van der Waals surface area contributed by atoms with Gasteiger partial charge in [-0.1, -0.05) is 0 Å². The summed E-state index contributed by atoms with van der Waals surface area (Å²) in [6.45, 7) is 4.80. The van der Waals surface area contributed by atoms with Crippen LogP contribution in [0.5, 0.6) is 0 Å². The van der Waals surface area contributed by atoms with Crippen molar-refractivity contribution in [2.75, 3.05) is 12.0 Å². The van der Waals surface area contributed by atoms with Crippen LogP contribution in [0, 0.1) is 6.92 Å². The zero-order valence-electron chi connectivity index (χ0n) is 10.9. The number of nitrogens with zero attached hydrogens (tertiary/aromatic N) is 2. The standard InChI is InChI=1S/C13H20N4O/c1-9-7-11(8-12(15-9)16-14)13(18)17-6-4-3-5-10(17)2/h7-8,10H,3-6,14H2,1-2H3,(H,15,16). The normalized spacial score (nSPS) is 19.7. The summed E-state index contributed by atoms with van der Waals surface area (Å²) in [6, 6.07) is 3.83. The Hall–Kier alpha value is -1.62. The number of carbonyl (C=O) groups is 1. The molecule has 1 aromatic rings. The SMILES string of the molecule is Cc1cc(C(=O)N2CCCCC2C)cc(NN)n1.